The number of nitrogens with one attached hydrogen (secondary N) is 1. The molecule has 1 aromatic rings. The van der Waals surface area contributed by atoms with Gasteiger partial charge in [0.25, 0.3) is 5.91 Å². The number of aliphatic carboxylic acids is 1. The molecule has 0 spiro atoms. The van der Waals surface area contributed by atoms with Gasteiger partial charge in [0.1, 0.15) is 0 Å². The molecule has 1 fully saturated rings. The summed E-state index contributed by atoms with van der Waals surface area (Å²) >= 11 is 0. The molecule has 2 unspecified atom stereocenters. The van der Waals surface area contributed by atoms with Crippen molar-refractivity contribution in [1.29, 1.82) is 0 Å². The van der Waals surface area contributed by atoms with Crippen molar-refractivity contribution in [1.82, 2.24) is 10.2 Å². The number of hydrogen-bond acceptors (Lipinski definition) is 3. The fourth-order valence-electron chi connectivity index (χ4n) is 3.25. The van der Waals surface area contributed by atoms with Gasteiger partial charge < -0.3 is 15.3 Å². The highest BCUT2D eigenvalue weighted by Gasteiger charge is 2.37. The zero-order valence-electron chi connectivity index (χ0n) is 12.1. The number of likely N-dealkylation sites (tertiary alicyclic amines) is 1. The summed E-state index contributed by atoms with van der Waals surface area (Å²) in [5, 5.41) is 12.5. The molecule has 1 aromatic carbocycles. The van der Waals surface area contributed by atoms with Crippen molar-refractivity contribution in [3.8, 4) is 0 Å². The Morgan fingerprint density at radius 1 is 1.29 bits per heavy atom. The molecule has 5 heteroatoms. The monoisotopic (exact) mass is 288 g/mol. The Labute approximate surface area is 123 Å². The van der Waals surface area contributed by atoms with Crippen molar-refractivity contribution in [3.05, 3.63) is 34.9 Å². The Balaban J connectivity index is 1.78. The first-order valence-corrected chi connectivity index (χ1v) is 7.41. The summed E-state index contributed by atoms with van der Waals surface area (Å²) < 4.78 is 0. The van der Waals surface area contributed by atoms with Gasteiger partial charge in [-0.05, 0) is 42.1 Å². The second-order valence-corrected chi connectivity index (χ2v) is 6.04. The van der Waals surface area contributed by atoms with Crippen LogP contribution in [0.5, 0.6) is 0 Å². The van der Waals surface area contributed by atoms with Crippen molar-refractivity contribution in [2.75, 3.05) is 19.6 Å². The van der Waals surface area contributed by atoms with Crippen molar-refractivity contribution in [2.45, 2.75) is 19.9 Å². The van der Waals surface area contributed by atoms with Crippen molar-refractivity contribution in [2.24, 2.45) is 11.8 Å². The third-order valence-electron chi connectivity index (χ3n) is 4.56. The minimum Gasteiger partial charge on any atom is -0.481 e. The Bertz CT molecular complexity index is 585. The van der Waals surface area contributed by atoms with Gasteiger partial charge in [0, 0.05) is 25.2 Å². The highest BCUT2D eigenvalue weighted by atomic mass is 16.4. The number of carbonyl (C=O) groups is 2. The number of hydrogen-bond donors (Lipinski definition) is 2. The third kappa shape index (κ3) is 2.65. The topological polar surface area (TPSA) is 69.6 Å². The molecule has 0 radical (unpaired) electrons. The molecule has 5 nitrogen and oxygen atoms in total. The van der Waals surface area contributed by atoms with Crippen LogP contribution in [0, 0.1) is 11.8 Å². The first kappa shape index (κ1) is 14.1. The average Bonchev–Trinajstić information content (AvgIpc) is 2.88. The molecular weight excluding hydrogens is 268 g/mol. The van der Waals surface area contributed by atoms with Gasteiger partial charge in [0.15, 0.2) is 0 Å². The summed E-state index contributed by atoms with van der Waals surface area (Å²) in [6.07, 6.45) is 0.992. The van der Waals surface area contributed by atoms with Gasteiger partial charge in [-0.15, -0.1) is 0 Å². The number of rotatable bonds is 2. The van der Waals surface area contributed by atoms with E-state index in [1.54, 1.807) is 4.90 Å². The number of carbonyl (C=O) groups excluding carboxylic acids is 1. The summed E-state index contributed by atoms with van der Waals surface area (Å²) in [6, 6.07) is 5.84. The summed E-state index contributed by atoms with van der Waals surface area (Å²) in [5.41, 5.74) is 3.13. The van der Waals surface area contributed by atoms with E-state index < -0.39 is 11.9 Å². The predicted molar refractivity (Wildman–Crippen MR) is 78.0 cm³/mol. The van der Waals surface area contributed by atoms with Gasteiger partial charge in [-0.25, -0.2) is 0 Å². The Hall–Kier alpha value is -1.88. The molecule has 1 saturated heterocycles. The molecule has 0 bridgehead atoms. The molecule has 0 aromatic heterocycles. The van der Waals surface area contributed by atoms with E-state index in [0.717, 1.165) is 19.5 Å². The number of amides is 1. The van der Waals surface area contributed by atoms with Crippen LogP contribution in [0.25, 0.3) is 0 Å². The summed E-state index contributed by atoms with van der Waals surface area (Å²) in [4.78, 5) is 25.4. The fraction of sp³-hybridized carbons (Fsp3) is 0.500. The molecule has 2 aliphatic heterocycles. The van der Waals surface area contributed by atoms with Crippen LogP contribution in [0.1, 0.15) is 28.4 Å². The second kappa shape index (κ2) is 5.48. The standard InChI is InChI=1S/C16H20N2O3/c1-10-8-18(9-14(10)16(20)21)15(19)12-3-2-11-4-5-17-7-13(11)6-12/h2-3,6,10,14,17H,4-5,7-9H2,1H3,(H,20,21). The second-order valence-electron chi connectivity index (χ2n) is 6.04. The number of benzene rings is 1. The fourth-order valence-corrected chi connectivity index (χ4v) is 3.25. The normalized spacial score (nSPS) is 24.7. The molecular formula is C16H20N2O3. The SMILES string of the molecule is CC1CN(C(=O)c2ccc3c(c2)CNCC3)CC1C(=O)O. The minimum absolute atomic E-state index is 0.00532. The quantitative estimate of drug-likeness (QED) is 0.856. The van der Waals surface area contributed by atoms with E-state index in [1.807, 2.05) is 25.1 Å². The van der Waals surface area contributed by atoms with Gasteiger partial charge in [-0.1, -0.05) is 13.0 Å². The van der Waals surface area contributed by atoms with Crippen LogP contribution in [0.3, 0.4) is 0 Å². The lowest BCUT2D eigenvalue weighted by atomic mass is 9.98. The highest BCUT2D eigenvalue weighted by Crippen LogP contribution is 2.25. The molecule has 2 aliphatic rings. The Morgan fingerprint density at radius 2 is 2.10 bits per heavy atom. The van der Waals surface area contributed by atoms with Gasteiger partial charge >= 0.3 is 5.97 Å². The summed E-state index contributed by atoms with van der Waals surface area (Å²) in [5.74, 6) is -1.31. The van der Waals surface area contributed by atoms with Crippen LogP contribution < -0.4 is 5.32 Å². The summed E-state index contributed by atoms with van der Waals surface area (Å²) in [6.45, 7) is 4.49. The van der Waals surface area contributed by atoms with Crippen molar-refractivity contribution >= 4 is 11.9 Å². The maximum atomic E-state index is 12.6. The van der Waals surface area contributed by atoms with Crippen LogP contribution in [0.4, 0.5) is 0 Å². The van der Waals surface area contributed by atoms with E-state index in [0.29, 0.717) is 18.7 Å². The maximum absolute atomic E-state index is 12.6. The molecule has 0 saturated carbocycles. The molecule has 112 valence electrons. The van der Waals surface area contributed by atoms with Crippen LogP contribution in [0.15, 0.2) is 18.2 Å². The molecule has 3 rings (SSSR count). The number of fused-ring (bicyclic) bond motifs is 1. The maximum Gasteiger partial charge on any atom is 0.308 e. The zero-order valence-corrected chi connectivity index (χ0v) is 12.1. The smallest absolute Gasteiger partial charge is 0.308 e. The molecule has 1 amide bonds. The van der Waals surface area contributed by atoms with Crippen LogP contribution in [0.2, 0.25) is 0 Å². The lowest BCUT2D eigenvalue weighted by molar-refractivity contribution is -0.142. The highest BCUT2D eigenvalue weighted by molar-refractivity contribution is 5.95. The number of carboxylic acid groups (broad SMARTS) is 1. The van der Waals surface area contributed by atoms with E-state index >= 15 is 0 Å². The Morgan fingerprint density at radius 3 is 2.81 bits per heavy atom. The van der Waals surface area contributed by atoms with E-state index in [1.165, 1.54) is 11.1 Å². The van der Waals surface area contributed by atoms with E-state index in [4.69, 9.17) is 5.11 Å². The molecule has 21 heavy (non-hydrogen) atoms. The number of carboxylic acids is 1. The first-order chi connectivity index (χ1) is 10.1. The predicted octanol–water partition coefficient (Wildman–Crippen LogP) is 1.12. The largest absolute Gasteiger partial charge is 0.481 e. The van der Waals surface area contributed by atoms with Gasteiger partial charge in [0.05, 0.1) is 5.92 Å². The lowest BCUT2D eigenvalue weighted by Gasteiger charge is -2.20. The van der Waals surface area contributed by atoms with E-state index in [2.05, 4.69) is 5.32 Å². The molecule has 0 aliphatic carbocycles. The molecule has 2 atom stereocenters. The Kier molecular flexibility index (Phi) is 3.68. The van der Waals surface area contributed by atoms with E-state index in [-0.39, 0.29) is 11.8 Å². The lowest BCUT2D eigenvalue weighted by Crippen LogP contribution is -2.30. The van der Waals surface area contributed by atoms with Crippen molar-refractivity contribution < 1.29 is 14.7 Å². The first-order valence-electron chi connectivity index (χ1n) is 7.41. The molecule has 2 N–H and O–H groups in total. The van der Waals surface area contributed by atoms with Gasteiger partial charge in [-0.3, -0.25) is 9.59 Å². The van der Waals surface area contributed by atoms with Crippen LogP contribution in [-0.4, -0.2) is 41.5 Å². The summed E-state index contributed by atoms with van der Waals surface area (Å²) in [7, 11) is 0. The van der Waals surface area contributed by atoms with Gasteiger partial charge in [0.2, 0.25) is 0 Å². The zero-order chi connectivity index (χ0) is 15.0. The molecule has 2 heterocycles. The third-order valence-corrected chi connectivity index (χ3v) is 4.56. The number of nitrogens with zero attached hydrogens (tertiary/aromatic N) is 1. The van der Waals surface area contributed by atoms with Crippen molar-refractivity contribution in [3.63, 3.8) is 0 Å². The van der Waals surface area contributed by atoms with Crippen LogP contribution >= 0.6 is 0 Å². The average molecular weight is 288 g/mol. The minimum atomic E-state index is -0.813. The van der Waals surface area contributed by atoms with Crippen LogP contribution in [-0.2, 0) is 17.8 Å². The van der Waals surface area contributed by atoms with Gasteiger partial charge in [-0.2, -0.15) is 0 Å². The van der Waals surface area contributed by atoms with E-state index in [9.17, 15) is 9.59 Å².